The molecule has 0 spiro atoms. The summed E-state index contributed by atoms with van der Waals surface area (Å²) in [6.07, 6.45) is 7.26. The highest BCUT2D eigenvalue weighted by atomic mass is 15.1. The van der Waals surface area contributed by atoms with Crippen molar-refractivity contribution in [1.82, 2.24) is 9.55 Å². The van der Waals surface area contributed by atoms with E-state index in [9.17, 15) is 0 Å². The van der Waals surface area contributed by atoms with Crippen molar-refractivity contribution >= 4 is 11.0 Å². The molecule has 2 aliphatic carbocycles. The average molecular weight is 374 g/mol. The zero-order chi connectivity index (χ0) is 19.3. The maximum absolute atomic E-state index is 6.82. The highest BCUT2D eigenvalue weighted by Crippen LogP contribution is 2.39. The van der Waals surface area contributed by atoms with Crippen molar-refractivity contribution in [3.8, 4) is 0 Å². The normalized spacial score (nSPS) is 23.8. The Morgan fingerprint density at radius 3 is 2.29 bits per heavy atom. The lowest BCUT2D eigenvalue weighted by Crippen LogP contribution is -2.40. The fourth-order valence-corrected chi connectivity index (χ4v) is 5.78. The van der Waals surface area contributed by atoms with Gasteiger partial charge in [0.2, 0.25) is 0 Å². The van der Waals surface area contributed by atoms with Gasteiger partial charge < -0.3 is 10.3 Å². The number of imidazole rings is 1. The quantitative estimate of drug-likeness (QED) is 0.692. The van der Waals surface area contributed by atoms with Crippen LogP contribution in [0.1, 0.15) is 54.2 Å². The van der Waals surface area contributed by atoms with Gasteiger partial charge in [0.15, 0.2) is 0 Å². The van der Waals surface area contributed by atoms with Crippen molar-refractivity contribution in [3.05, 3.63) is 65.0 Å². The van der Waals surface area contributed by atoms with Crippen LogP contribution in [-0.4, -0.2) is 15.6 Å². The molecule has 3 heteroatoms. The van der Waals surface area contributed by atoms with E-state index < -0.39 is 0 Å². The van der Waals surface area contributed by atoms with Crippen LogP contribution >= 0.6 is 0 Å². The van der Waals surface area contributed by atoms with Crippen LogP contribution in [0.25, 0.3) is 11.0 Å². The number of hydrogen-bond acceptors (Lipinski definition) is 2. The predicted molar refractivity (Wildman–Crippen MR) is 116 cm³/mol. The largest absolute Gasteiger partial charge is 0.327 e. The Labute approximate surface area is 168 Å². The van der Waals surface area contributed by atoms with Crippen molar-refractivity contribution in [2.45, 2.75) is 64.5 Å². The minimum atomic E-state index is 0.330. The Morgan fingerprint density at radius 2 is 1.61 bits per heavy atom. The van der Waals surface area contributed by atoms with E-state index in [0.29, 0.717) is 23.9 Å². The minimum absolute atomic E-state index is 0.330. The van der Waals surface area contributed by atoms with Gasteiger partial charge in [0.1, 0.15) is 5.82 Å². The molecule has 1 heterocycles. The highest BCUT2D eigenvalue weighted by Gasteiger charge is 2.34. The molecule has 146 valence electrons. The molecule has 2 aromatic carbocycles. The molecular formula is C25H31N3. The zero-order valence-electron chi connectivity index (χ0n) is 17.1. The van der Waals surface area contributed by atoms with Gasteiger partial charge in [0.25, 0.3) is 0 Å². The number of benzene rings is 2. The smallest absolute Gasteiger partial charge is 0.106 e. The van der Waals surface area contributed by atoms with E-state index in [4.69, 9.17) is 10.7 Å². The van der Waals surface area contributed by atoms with Gasteiger partial charge in [-0.25, -0.2) is 4.98 Å². The maximum atomic E-state index is 6.82. The van der Waals surface area contributed by atoms with Crippen molar-refractivity contribution in [2.75, 3.05) is 0 Å². The van der Waals surface area contributed by atoms with Crippen molar-refractivity contribution in [3.63, 3.8) is 0 Å². The molecule has 0 radical (unpaired) electrons. The Kier molecular flexibility index (Phi) is 4.51. The third-order valence-electron chi connectivity index (χ3n) is 7.30. The average Bonchev–Trinajstić information content (AvgIpc) is 3.27. The first-order valence-corrected chi connectivity index (χ1v) is 10.9. The molecule has 1 atom stereocenters. The highest BCUT2D eigenvalue weighted by molar-refractivity contribution is 5.77. The van der Waals surface area contributed by atoms with Crippen molar-refractivity contribution < 1.29 is 0 Å². The molecule has 1 fully saturated rings. The van der Waals surface area contributed by atoms with Crippen LogP contribution in [0, 0.1) is 25.7 Å². The first-order chi connectivity index (χ1) is 13.6. The lowest BCUT2D eigenvalue weighted by atomic mass is 9.76. The summed E-state index contributed by atoms with van der Waals surface area (Å²) in [5.74, 6) is 2.44. The summed E-state index contributed by atoms with van der Waals surface area (Å²) in [4.78, 5) is 4.83. The topological polar surface area (TPSA) is 43.8 Å². The minimum Gasteiger partial charge on any atom is -0.327 e. The molecule has 1 unspecified atom stereocenters. The number of aryl methyl sites for hydroxylation is 2. The summed E-state index contributed by atoms with van der Waals surface area (Å²) >= 11 is 0. The number of nitrogens with two attached hydrogens (primary N) is 1. The van der Waals surface area contributed by atoms with Crippen molar-refractivity contribution in [1.29, 1.82) is 0 Å². The monoisotopic (exact) mass is 373 g/mol. The van der Waals surface area contributed by atoms with Crippen LogP contribution in [0.15, 0.2) is 42.5 Å². The summed E-state index contributed by atoms with van der Waals surface area (Å²) in [5.41, 5.74) is 13.6. The molecule has 2 N–H and O–H groups in total. The second-order valence-corrected chi connectivity index (χ2v) is 9.10. The van der Waals surface area contributed by atoms with E-state index in [-0.39, 0.29) is 0 Å². The summed E-state index contributed by atoms with van der Waals surface area (Å²) in [5, 5.41) is 0. The van der Waals surface area contributed by atoms with E-state index in [2.05, 4.69) is 60.9 Å². The third kappa shape index (κ3) is 3.06. The summed E-state index contributed by atoms with van der Waals surface area (Å²) in [7, 11) is 0. The Balaban J connectivity index is 1.28. The van der Waals surface area contributed by atoms with Gasteiger partial charge in [-0.2, -0.15) is 0 Å². The van der Waals surface area contributed by atoms with Gasteiger partial charge >= 0.3 is 0 Å². The second-order valence-electron chi connectivity index (χ2n) is 9.10. The molecular weight excluding hydrogens is 342 g/mol. The summed E-state index contributed by atoms with van der Waals surface area (Å²) in [6, 6.07) is 16.5. The molecule has 2 aliphatic rings. The van der Waals surface area contributed by atoms with E-state index >= 15 is 0 Å². The Hall–Kier alpha value is -2.13. The van der Waals surface area contributed by atoms with Crippen LogP contribution < -0.4 is 5.73 Å². The molecule has 1 saturated carbocycles. The predicted octanol–water partition coefficient (Wildman–Crippen LogP) is 5.13. The number of rotatable bonds is 3. The van der Waals surface area contributed by atoms with Gasteiger partial charge in [0, 0.05) is 12.1 Å². The zero-order valence-corrected chi connectivity index (χ0v) is 17.1. The van der Waals surface area contributed by atoms with Crippen LogP contribution in [0.5, 0.6) is 0 Å². The van der Waals surface area contributed by atoms with Crippen molar-refractivity contribution in [2.24, 2.45) is 17.6 Å². The number of aromatic nitrogens is 2. The number of nitrogens with zero attached hydrogens (tertiary/aromatic N) is 2. The standard InChI is InChI=1S/C25H31N3/c1-16-7-12-24-23(13-16)27-17(2)28(24)22-10-8-18(9-11-22)25(26)21-14-19-5-3-4-6-20(19)15-21/h3-7,12-13,18,21-22,25H,8-11,14-15,26H2,1-2H3. The molecule has 0 amide bonds. The molecule has 1 aromatic heterocycles. The fraction of sp³-hybridized carbons (Fsp3) is 0.480. The Bertz CT molecular complexity index is 969. The lowest BCUT2D eigenvalue weighted by Gasteiger charge is -2.35. The summed E-state index contributed by atoms with van der Waals surface area (Å²) in [6.45, 7) is 4.30. The third-order valence-corrected chi connectivity index (χ3v) is 7.30. The first-order valence-electron chi connectivity index (χ1n) is 10.9. The van der Waals surface area contributed by atoms with E-state index in [1.54, 1.807) is 0 Å². The van der Waals surface area contributed by atoms with E-state index in [1.165, 1.54) is 60.7 Å². The van der Waals surface area contributed by atoms with Gasteiger partial charge in [-0.05, 0) is 93.0 Å². The van der Waals surface area contributed by atoms with Gasteiger partial charge in [-0.15, -0.1) is 0 Å². The van der Waals surface area contributed by atoms with E-state index in [0.717, 1.165) is 11.3 Å². The van der Waals surface area contributed by atoms with Crippen LogP contribution in [0.3, 0.4) is 0 Å². The molecule has 5 rings (SSSR count). The fourth-order valence-electron chi connectivity index (χ4n) is 5.78. The second kappa shape index (κ2) is 7.04. The molecule has 3 aromatic rings. The van der Waals surface area contributed by atoms with E-state index in [1.807, 2.05) is 0 Å². The van der Waals surface area contributed by atoms with Crippen LogP contribution in [0.2, 0.25) is 0 Å². The first kappa shape index (κ1) is 17.9. The van der Waals surface area contributed by atoms with Gasteiger partial charge in [0.05, 0.1) is 11.0 Å². The molecule has 0 bridgehead atoms. The van der Waals surface area contributed by atoms with Gasteiger partial charge in [-0.3, -0.25) is 0 Å². The lowest BCUT2D eigenvalue weighted by molar-refractivity contribution is 0.209. The molecule has 0 aliphatic heterocycles. The van der Waals surface area contributed by atoms with Gasteiger partial charge in [-0.1, -0.05) is 30.3 Å². The summed E-state index contributed by atoms with van der Waals surface area (Å²) < 4.78 is 2.49. The number of hydrogen-bond donors (Lipinski definition) is 1. The number of fused-ring (bicyclic) bond motifs is 2. The SMILES string of the molecule is Cc1ccc2c(c1)nc(C)n2C1CCC(C(N)C2Cc3ccccc3C2)CC1. The molecule has 28 heavy (non-hydrogen) atoms. The van der Waals surface area contributed by atoms with Crippen LogP contribution in [-0.2, 0) is 12.8 Å². The molecule has 0 saturated heterocycles. The molecule has 3 nitrogen and oxygen atoms in total. The van der Waals surface area contributed by atoms with Crippen LogP contribution in [0.4, 0.5) is 0 Å². The maximum Gasteiger partial charge on any atom is 0.106 e. The Morgan fingerprint density at radius 1 is 0.929 bits per heavy atom.